The Kier molecular flexibility index (Phi) is 5.04. The Morgan fingerprint density at radius 2 is 1.96 bits per heavy atom. The third-order valence-electron chi connectivity index (χ3n) is 4.63. The van der Waals surface area contributed by atoms with Crippen molar-refractivity contribution in [3.63, 3.8) is 0 Å². The van der Waals surface area contributed by atoms with Crippen molar-refractivity contribution in [3.05, 3.63) is 59.9 Å². The van der Waals surface area contributed by atoms with Gasteiger partial charge in [-0.1, -0.05) is 12.1 Å². The number of pyridine rings is 1. The van der Waals surface area contributed by atoms with E-state index in [1.807, 2.05) is 12.1 Å². The second-order valence-electron chi connectivity index (χ2n) is 7.03. The van der Waals surface area contributed by atoms with Crippen molar-refractivity contribution in [2.75, 3.05) is 11.9 Å². The fourth-order valence-electron chi connectivity index (χ4n) is 3.23. The van der Waals surface area contributed by atoms with E-state index in [2.05, 4.69) is 10.3 Å². The quantitative estimate of drug-likeness (QED) is 0.831. The monoisotopic (exact) mass is 353 g/mol. The summed E-state index contributed by atoms with van der Waals surface area (Å²) in [5, 5.41) is 12.7. The number of carbonyl (C=O) groups is 2. The van der Waals surface area contributed by atoms with E-state index >= 15 is 0 Å². The SMILES string of the molecule is CC(C)(O)c1cccc(NC(=O)C(=O)N2CCCC2c2ccncc2)c1. The molecule has 1 unspecified atom stereocenters. The largest absolute Gasteiger partial charge is 0.386 e. The average Bonchev–Trinajstić information content (AvgIpc) is 3.11. The Bertz CT molecular complexity index is 799. The second-order valence-corrected chi connectivity index (χ2v) is 7.03. The molecule has 1 aromatic heterocycles. The zero-order valence-electron chi connectivity index (χ0n) is 15.0. The highest BCUT2D eigenvalue weighted by atomic mass is 16.3. The summed E-state index contributed by atoms with van der Waals surface area (Å²) in [4.78, 5) is 30.7. The third-order valence-corrected chi connectivity index (χ3v) is 4.63. The van der Waals surface area contributed by atoms with Gasteiger partial charge in [-0.2, -0.15) is 0 Å². The van der Waals surface area contributed by atoms with Crippen LogP contribution in [-0.2, 0) is 15.2 Å². The van der Waals surface area contributed by atoms with Gasteiger partial charge in [0.25, 0.3) is 0 Å². The Morgan fingerprint density at radius 1 is 1.23 bits per heavy atom. The Balaban J connectivity index is 1.73. The number of hydrogen-bond donors (Lipinski definition) is 2. The van der Waals surface area contributed by atoms with Crippen LogP contribution in [0.1, 0.15) is 43.9 Å². The van der Waals surface area contributed by atoms with Gasteiger partial charge in [0.05, 0.1) is 11.6 Å². The number of benzene rings is 1. The van der Waals surface area contributed by atoms with Crippen LogP contribution < -0.4 is 5.32 Å². The smallest absolute Gasteiger partial charge is 0.313 e. The summed E-state index contributed by atoms with van der Waals surface area (Å²) in [5.74, 6) is -1.21. The molecule has 1 aliphatic rings. The first-order valence-electron chi connectivity index (χ1n) is 8.71. The van der Waals surface area contributed by atoms with E-state index in [4.69, 9.17) is 0 Å². The standard InChI is InChI=1S/C20H23N3O3/c1-20(2,26)15-5-3-6-16(13-15)22-18(24)19(25)23-12-4-7-17(23)14-8-10-21-11-9-14/h3,5-6,8-11,13,17,26H,4,7,12H2,1-2H3,(H,22,24). The second kappa shape index (κ2) is 7.25. The molecule has 0 aliphatic carbocycles. The minimum atomic E-state index is -1.02. The van der Waals surface area contributed by atoms with Gasteiger partial charge in [0.2, 0.25) is 0 Å². The molecule has 1 aliphatic heterocycles. The molecular weight excluding hydrogens is 330 g/mol. The maximum absolute atomic E-state index is 12.7. The first kappa shape index (κ1) is 18.1. The fraction of sp³-hybridized carbons (Fsp3) is 0.350. The maximum atomic E-state index is 12.7. The van der Waals surface area contributed by atoms with E-state index in [1.54, 1.807) is 55.4 Å². The topological polar surface area (TPSA) is 82.5 Å². The number of aliphatic hydroxyl groups is 1. The summed E-state index contributed by atoms with van der Waals surface area (Å²) in [7, 11) is 0. The van der Waals surface area contributed by atoms with Gasteiger partial charge in [-0.15, -0.1) is 0 Å². The lowest BCUT2D eigenvalue weighted by atomic mass is 9.98. The van der Waals surface area contributed by atoms with Crippen LogP contribution in [0.25, 0.3) is 0 Å². The number of nitrogens with zero attached hydrogens (tertiary/aromatic N) is 2. The van der Waals surface area contributed by atoms with Crippen LogP contribution in [0.5, 0.6) is 0 Å². The molecule has 0 saturated carbocycles. The normalized spacial score (nSPS) is 17.2. The Morgan fingerprint density at radius 3 is 2.65 bits per heavy atom. The Hall–Kier alpha value is -2.73. The number of anilines is 1. The number of amides is 2. The van der Waals surface area contributed by atoms with Crippen molar-refractivity contribution < 1.29 is 14.7 Å². The summed E-state index contributed by atoms with van der Waals surface area (Å²) in [6, 6.07) is 10.5. The molecule has 6 nitrogen and oxygen atoms in total. The zero-order chi connectivity index (χ0) is 18.7. The maximum Gasteiger partial charge on any atom is 0.313 e. The summed E-state index contributed by atoms with van der Waals surface area (Å²) in [5.41, 5.74) is 1.12. The van der Waals surface area contributed by atoms with Crippen LogP contribution in [0.4, 0.5) is 5.69 Å². The van der Waals surface area contributed by atoms with Crippen molar-refractivity contribution >= 4 is 17.5 Å². The Labute approximate surface area is 152 Å². The van der Waals surface area contributed by atoms with E-state index < -0.39 is 17.4 Å². The van der Waals surface area contributed by atoms with E-state index in [1.165, 1.54) is 0 Å². The lowest BCUT2D eigenvalue weighted by molar-refractivity contribution is -0.143. The van der Waals surface area contributed by atoms with Crippen molar-refractivity contribution in [2.24, 2.45) is 0 Å². The van der Waals surface area contributed by atoms with Crippen LogP contribution in [0, 0.1) is 0 Å². The number of hydrogen-bond acceptors (Lipinski definition) is 4. The molecule has 136 valence electrons. The van der Waals surface area contributed by atoms with Crippen molar-refractivity contribution in [3.8, 4) is 0 Å². The van der Waals surface area contributed by atoms with Gasteiger partial charge >= 0.3 is 11.8 Å². The zero-order valence-corrected chi connectivity index (χ0v) is 15.0. The molecular formula is C20H23N3O3. The molecule has 1 aromatic carbocycles. The van der Waals surface area contributed by atoms with Crippen molar-refractivity contribution in [1.29, 1.82) is 0 Å². The summed E-state index contributed by atoms with van der Waals surface area (Å²) in [6.07, 6.45) is 5.08. The molecule has 6 heteroatoms. The summed E-state index contributed by atoms with van der Waals surface area (Å²) >= 11 is 0. The molecule has 3 rings (SSSR count). The van der Waals surface area contributed by atoms with Crippen LogP contribution in [-0.4, -0.2) is 33.3 Å². The summed E-state index contributed by atoms with van der Waals surface area (Å²) in [6.45, 7) is 3.90. The van der Waals surface area contributed by atoms with Crippen molar-refractivity contribution in [2.45, 2.75) is 38.3 Å². The van der Waals surface area contributed by atoms with E-state index in [0.29, 0.717) is 17.8 Å². The highest BCUT2D eigenvalue weighted by molar-refractivity contribution is 6.39. The molecule has 1 atom stereocenters. The number of nitrogens with one attached hydrogen (secondary N) is 1. The van der Waals surface area contributed by atoms with Crippen LogP contribution in [0.15, 0.2) is 48.8 Å². The van der Waals surface area contributed by atoms with Crippen LogP contribution in [0.3, 0.4) is 0 Å². The molecule has 2 amide bonds. The highest BCUT2D eigenvalue weighted by Crippen LogP contribution is 2.31. The van der Waals surface area contributed by atoms with Crippen LogP contribution in [0.2, 0.25) is 0 Å². The van der Waals surface area contributed by atoms with E-state index in [0.717, 1.165) is 18.4 Å². The minimum absolute atomic E-state index is 0.0982. The minimum Gasteiger partial charge on any atom is -0.386 e. The molecule has 0 spiro atoms. The van der Waals surface area contributed by atoms with Gasteiger partial charge in [0.15, 0.2) is 0 Å². The van der Waals surface area contributed by atoms with Gasteiger partial charge in [0, 0.05) is 24.6 Å². The number of likely N-dealkylation sites (tertiary alicyclic amines) is 1. The van der Waals surface area contributed by atoms with Gasteiger partial charge in [-0.3, -0.25) is 14.6 Å². The predicted octanol–water partition coefficient (Wildman–Crippen LogP) is 2.61. The van der Waals surface area contributed by atoms with Gasteiger partial charge in [-0.25, -0.2) is 0 Å². The number of carbonyl (C=O) groups excluding carboxylic acids is 2. The third kappa shape index (κ3) is 3.91. The molecule has 0 bridgehead atoms. The molecule has 26 heavy (non-hydrogen) atoms. The molecule has 2 aromatic rings. The first-order valence-corrected chi connectivity index (χ1v) is 8.71. The predicted molar refractivity (Wildman–Crippen MR) is 98.2 cm³/mol. The number of aromatic nitrogens is 1. The van der Waals surface area contributed by atoms with Gasteiger partial charge in [-0.05, 0) is 62.1 Å². The fourth-order valence-corrected chi connectivity index (χ4v) is 3.23. The highest BCUT2D eigenvalue weighted by Gasteiger charge is 2.33. The molecule has 1 fully saturated rings. The average molecular weight is 353 g/mol. The lowest BCUT2D eigenvalue weighted by Crippen LogP contribution is -2.39. The lowest BCUT2D eigenvalue weighted by Gasteiger charge is -2.24. The summed E-state index contributed by atoms with van der Waals surface area (Å²) < 4.78 is 0. The molecule has 2 N–H and O–H groups in total. The number of rotatable bonds is 3. The first-order chi connectivity index (χ1) is 12.4. The molecule has 1 saturated heterocycles. The van der Waals surface area contributed by atoms with Crippen LogP contribution >= 0.6 is 0 Å². The van der Waals surface area contributed by atoms with Gasteiger partial charge < -0.3 is 15.3 Å². The van der Waals surface area contributed by atoms with E-state index in [-0.39, 0.29) is 6.04 Å². The van der Waals surface area contributed by atoms with Crippen molar-refractivity contribution in [1.82, 2.24) is 9.88 Å². The molecule has 0 radical (unpaired) electrons. The van der Waals surface area contributed by atoms with E-state index in [9.17, 15) is 14.7 Å². The van der Waals surface area contributed by atoms with Gasteiger partial charge in [0.1, 0.15) is 0 Å². The molecule has 2 heterocycles.